The lowest BCUT2D eigenvalue weighted by Crippen LogP contribution is -2.33. The highest BCUT2D eigenvalue weighted by atomic mass is 16.4. The Morgan fingerprint density at radius 3 is 2.07 bits per heavy atom. The second-order valence-corrected chi connectivity index (χ2v) is 2.41. The number of nitrogens with one attached hydrogen (secondary N) is 1. The van der Waals surface area contributed by atoms with Crippen molar-refractivity contribution in [2.75, 3.05) is 0 Å². The lowest BCUT2D eigenvalue weighted by Gasteiger charge is -1.86. The van der Waals surface area contributed by atoms with Crippen LogP contribution in [-0.4, -0.2) is 17.2 Å². The fourth-order valence-corrected chi connectivity index (χ4v) is 0.695. The maximum Gasteiger partial charge on any atom is 0.412 e. The first kappa shape index (κ1) is 12.7. The molecule has 5 nitrogen and oxygen atoms in total. The molecule has 3 amide bonds. The fourth-order valence-electron chi connectivity index (χ4n) is 0.695. The maximum absolute atomic E-state index is 9.54. The molecule has 0 spiro atoms. The van der Waals surface area contributed by atoms with E-state index in [-0.39, 0.29) is 0 Å². The van der Waals surface area contributed by atoms with Gasteiger partial charge in [-0.25, -0.2) is 14.9 Å². The van der Waals surface area contributed by atoms with Crippen molar-refractivity contribution in [1.82, 2.24) is 5.32 Å². The minimum atomic E-state index is -1.44. The molecule has 0 heterocycles. The van der Waals surface area contributed by atoms with E-state index in [0.29, 0.717) is 0 Å². The van der Waals surface area contributed by atoms with Crippen molar-refractivity contribution in [3.05, 3.63) is 42.5 Å². The van der Waals surface area contributed by atoms with E-state index in [2.05, 4.69) is 12.3 Å². The van der Waals surface area contributed by atoms with Crippen LogP contribution in [0, 0.1) is 0 Å². The smallest absolute Gasteiger partial charge is 0.412 e. The molecule has 0 aliphatic carbocycles. The van der Waals surface area contributed by atoms with Crippen molar-refractivity contribution in [3.63, 3.8) is 0 Å². The number of hydrogen-bond donors (Lipinski definition) is 3. The van der Waals surface area contributed by atoms with Crippen LogP contribution in [0.4, 0.5) is 9.59 Å². The molecule has 1 aromatic rings. The van der Waals surface area contributed by atoms with Crippen LogP contribution in [0.2, 0.25) is 0 Å². The summed E-state index contributed by atoms with van der Waals surface area (Å²) in [4.78, 5) is 18.9. The SMILES string of the molecule is C=Cc1ccccc1.NC(=O)NC(=O)O. The van der Waals surface area contributed by atoms with Crippen molar-refractivity contribution in [2.24, 2.45) is 5.73 Å². The van der Waals surface area contributed by atoms with E-state index in [1.807, 2.05) is 36.4 Å². The molecular formula is C10H12N2O3. The van der Waals surface area contributed by atoms with Crippen LogP contribution < -0.4 is 11.1 Å². The Balaban J connectivity index is 0.000000265. The van der Waals surface area contributed by atoms with Crippen molar-refractivity contribution in [3.8, 4) is 0 Å². The number of amides is 3. The molecule has 0 saturated carbocycles. The number of primary amides is 1. The van der Waals surface area contributed by atoms with E-state index in [0.717, 1.165) is 0 Å². The summed E-state index contributed by atoms with van der Waals surface area (Å²) < 4.78 is 0. The first-order valence-electron chi connectivity index (χ1n) is 4.03. The maximum atomic E-state index is 9.54. The third-order valence-electron chi connectivity index (χ3n) is 1.27. The van der Waals surface area contributed by atoms with Gasteiger partial charge >= 0.3 is 12.1 Å². The zero-order valence-corrected chi connectivity index (χ0v) is 8.01. The Kier molecular flexibility index (Phi) is 6.04. The van der Waals surface area contributed by atoms with Gasteiger partial charge in [-0.2, -0.15) is 0 Å². The van der Waals surface area contributed by atoms with Crippen LogP contribution in [-0.2, 0) is 0 Å². The number of imide groups is 1. The number of rotatable bonds is 1. The summed E-state index contributed by atoms with van der Waals surface area (Å²) >= 11 is 0. The minimum absolute atomic E-state index is 1.06. The van der Waals surface area contributed by atoms with Gasteiger partial charge in [0.15, 0.2) is 0 Å². The van der Waals surface area contributed by atoms with Gasteiger partial charge in [0.25, 0.3) is 0 Å². The van der Waals surface area contributed by atoms with Crippen molar-refractivity contribution in [2.45, 2.75) is 0 Å². The second kappa shape index (κ2) is 7.14. The normalized spacial score (nSPS) is 8.00. The predicted molar refractivity (Wildman–Crippen MR) is 57.3 cm³/mol. The summed E-state index contributed by atoms with van der Waals surface area (Å²) in [6.45, 7) is 3.63. The molecule has 0 fully saturated rings. The molecule has 1 rings (SSSR count). The Morgan fingerprint density at radius 2 is 1.87 bits per heavy atom. The van der Waals surface area contributed by atoms with Gasteiger partial charge in [-0.1, -0.05) is 43.0 Å². The number of nitrogens with two attached hydrogens (primary N) is 1. The molecule has 0 aliphatic rings. The largest absolute Gasteiger partial charge is 0.465 e. The van der Waals surface area contributed by atoms with E-state index < -0.39 is 12.1 Å². The molecule has 0 aromatic heterocycles. The van der Waals surface area contributed by atoms with Gasteiger partial charge < -0.3 is 10.8 Å². The van der Waals surface area contributed by atoms with Crippen molar-refractivity contribution in [1.29, 1.82) is 0 Å². The summed E-state index contributed by atoms with van der Waals surface area (Å²) in [6.07, 6.45) is 0.396. The number of hydrogen-bond acceptors (Lipinski definition) is 2. The number of carbonyl (C=O) groups is 2. The molecule has 0 atom stereocenters. The second-order valence-electron chi connectivity index (χ2n) is 2.41. The van der Waals surface area contributed by atoms with E-state index in [4.69, 9.17) is 5.11 Å². The molecule has 1 aromatic carbocycles. The standard InChI is InChI=1S/C8H8.C2H4N2O3/c1-2-8-6-4-3-5-7-8;3-1(5)4-2(6)7/h2-7H,1H2;(H,6,7)(H3,3,4,5). The molecule has 0 unspecified atom stereocenters. The van der Waals surface area contributed by atoms with Crippen LogP contribution in [0.3, 0.4) is 0 Å². The van der Waals surface area contributed by atoms with E-state index in [1.165, 1.54) is 10.9 Å². The lowest BCUT2D eigenvalue weighted by atomic mass is 10.2. The fraction of sp³-hybridized carbons (Fsp3) is 0. The Bertz CT molecular complexity index is 324. The Labute approximate surface area is 87.2 Å². The zero-order valence-electron chi connectivity index (χ0n) is 8.01. The average Bonchev–Trinajstić information content (AvgIpc) is 2.18. The van der Waals surface area contributed by atoms with Crippen LogP contribution >= 0.6 is 0 Å². The van der Waals surface area contributed by atoms with Crippen LogP contribution in [0.5, 0.6) is 0 Å². The zero-order chi connectivity index (χ0) is 11.7. The van der Waals surface area contributed by atoms with Gasteiger partial charge in [-0.3, -0.25) is 0 Å². The van der Waals surface area contributed by atoms with E-state index >= 15 is 0 Å². The Morgan fingerprint density at radius 1 is 1.33 bits per heavy atom. The molecule has 80 valence electrons. The van der Waals surface area contributed by atoms with Crippen LogP contribution in [0.25, 0.3) is 6.08 Å². The highest BCUT2D eigenvalue weighted by Gasteiger charge is 1.94. The predicted octanol–water partition coefficient (Wildman–Crippen LogP) is 1.66. The number of benzene rings is 1. The van der Waals surface area contributed by atoms with Crippen LogP contribution in [0.1, 0.15) is 5.56 Å². The molecule has 0 saturated heterocycles. The van der Waals surface area contributed by atoms with Gasteiger partial charge in [0.05, 0.1) is 0 Å². The quantitative estimate of drug-likeness (QED) is 0.655. The topological polar surface area (TPSA) is 92.4 Å². The number of urea groups is 1. The van der Waals surface area contributed by atoms with Crippen LogP contribution in [0.15, 0.2) is 36.9 Å². The van der Waals surface area contributed by atoms with Gasteiger partial charge in [0, 0.05) is 0 Å². The summed E-state index contributed by atoms with van der Waals surface area (Å²) in [5.74, 6) is 0. The summed E-state index contributed by atoms with van der Waals surface area (Å²) in [5.41, 5.74) is 5.54. The average molecular weight is 208 g/mol. The van der Waals surface area contributed by atoms with Gasteiger partial charge in [-0.15, -0.1) is 0 Å². The molecule has 4 N–H and O–H groups in total. The first-order valence-corrected chi connectivity index (χ1v) is 4.03. The molecular weight excluding hydrogens is 196 g/mol. The molecule has 5 heteroatoms. The molecule has 0 aliphatic heterocycles. The van der Waals surface area contributed by atoms with Crippen molar-refractivity contribution >= 4 is 18.2 Å². The highest BCUT2D eigenvalue weighted by molar-refractivity contribution is 5.88. The lowest BCUT2D eigenvalue weighted by molar-refractivity contribution is 0.193. The summed E-state index contributed by atoms with van der Waals surface area (Å²) in [6, 6.07) is 8.97. The molecule has 0 bridgehead atoms. The van der Waals surface area contributed by atoms with E-state index in [9.17, 15) is 9.59 Å². The van der Waals surface area contributed by atoms with Gasteiger partial charge in [0.2, 0.25) is 0 Å². The minimum Gasteiger partial charge on any atom is -0.465 e. The third kappa shape index (κ3) is 8.04. The van der Waals surface area contributed by atoms with E-state index in [1.54, 1.807) is 0 Å². The summed E-state index contributed by atoms with van der Waals surface area (Å²) in [7, 11) is 0. The highest BCUT2D eigenvalue weighted by Crippen LogP contribution is 1.97. The summed E-state index contributed by atoms with van der Waals surface area (Å²) in [5, 5.41) is 9.03. The van der Waals surface area contributed by atoms with Gasteiger partial charge in [0.1, 0.15) is 0 Å². The van der Waals surface area contributed by atoms with Crippen molar-refractivity contribution < 1.29 is 14.7 Å². The first-order chi connectivity index (χ1) is 7.06. The monoisotopic (exact) mass is 208 g/mol. The van der Waals surface area contributed by atoms with Gasteiger partial charge in [-0.05, 0) is 5.56 Å². The third-order valence-corrected chi connectivity index (χ3v) is 1.27. The number of carboxylic acid groups (broad SMARTS) is 1. The number of carbonyl (C=O) groups excluding carboxylic acids is 1. The molecule has 15 heavy (non-hydrogen) atoms. The molecule has 0 radical (unpaired) electrons. The Hall–Kier alpha value is -2.30.